The molecular weight excluding hydrogens is 316 g/mol. The fourth-order valence-corrected chi connectivity index (χ4v) is 3.14. The second kappa shape index (κ2) is 6.51. The quantitative estimate of drug-likeness (QED) is 0.787. The fourth-order valence-electron chi connectivity index (χ4n) is 3.14. The van der Waals surface area contributed by atoms with Gasteiger partial charge in [0.2, 0.25) is 5.82 Å². The van der Waals surface area contributed by atoms with E-state index in [2.05, 4.69) is 25.3 Å². The summed E-state index contributed by atoms with van der Waals surface area (Å²) >= 11 is 0. The first kappa shape index (κ1) is 15.6. The van der Waals surface area contributed by atoms with Crippen LogP contribution < -0.4 is 10.2 Å². The second-order valence-electron chi connectivity index (χ2n) is 6.24. The first-order chi connectivity index (χ1) is 12.2. The number of benzene rings is 1. The van der Waals surface area contributed by atoms with Crippen molar-refractivity contribution in [3.8, 4) is 0 Å². The van der Waals surface area contributed by atoms with Gasteiger partial charge >= 0.3 is 0 Å². The molecule has 1 fully saturated rings. The molecule has 7 nitrogen and oxygen atoms in total. The third-order valence-electron chi connectivity index (χ3n) is 4.48. The maximum absolute atomic E-state index is 12.6. The molecule has 3 heterocycles. The molecule has 25 heavy (non-hydrogen) atoms. The lowest BCUT2D eigenvalue weighted by Gasteiger charge is -2.17. The van der Waals surface area contributed by atoms with E-state index < -0.39 is 0 Å². The Hall–Kier alpha value is -2.96. The van der Waals surface area contributed by atoms with Crippen LogP contribution >= 0.6 is 0 Å². The maximum Gasteiger partial charge on any atom is 0.289 e. The third kappa shape index (κ3) is 3.05. The van der Waals surface area contributed by atoms with Gasteiger partial charge < -0.3 is 10.2 Å². The van der Waals surface area contributed by atoms with E-state index in [1.165, 1.54) is 0 Å². The molecule has 1 saturated heterocycles. The molecule has 0 atom stereocenters. The molecular formula is C18H20N6O. The number of amides is 1. The van der Waals surface area contributed by atoms with E-state index in [1.807, 2.05) is 37.4 Å². The first-order valence-electron chi connectivity index (χ1n) is 8.49. The smallest absolute Gasteiger partial charge is 0.289 e. The first-order valence-corrected chi connectivity index (χ1v) is 8.49. The van der Waals surface area contributed by atoms with Crippen molar-refractivity contribution in [2.75, 3.05) is 18.0 Å². The molecule has 1 aromatic carbocycles. The highest BCUT2D eigenvalue weighted by atomic mass is 16.2. The molecule has 0 aliphatic carbocycles. The molecule has 1 aliphatic heterocycles. The second-order valence-corrected chi connectivity index (χ2v) is 6.24. The van der Waals surface area contributed by atoms with Crippen molar-refractivity contribution in [3.63, 3.8) is 0 Å². The highest BCUT2D eigenvalue weighted by molar-refractivity contribution is 5.95. The van der Waals surface area contributed by atoms with Gasteiger partial charge in [-0.15, -0.1) is 0 Å². The molecule has 0 radical (unpaired) electrons. The van der Waals surface area contributed by atoms with E-state index in [4.69, 9.17) is 0 Å². The molecule has 2 aromatic heterocycles. The van der Waals surface area contributed by atoms with Gasteiger partial charge in [-0.2, -0.15) is 5.10 Å². The molecule has 0 saturated carbocycles. The van der Waals surface area contributed by atoms with E-state index in [1.54, 1.807) is 10.9 Å². The van der Waals surface area contributed by atoms with Gasteiger partial charge in [-0.25, -0.2) is 9.97 Å². The van der Waals surface area contributed by atoms with Gasteiger partial charge in [0.05, 0.1) is 11.6 Å². The topological polar surface area (TPSA) is 75.9 Å². The molecule has 4 rings (SSSR count). The van der Waals surface area contributed by atoms with Gasteiger partial charge in [-0.05, 0) is 18.4 Å². The van der Waals surface area contributed by atoms with Gasteiger partial charge in [0.25, 0.3) is 5.91 Å². The van der Waals surface area contributed by atoms with Crippen LogP contribution in [0.5, 0.6) is 0 Å². The minimum atomic E-state index is -0.271. The zero-order valence-corrected chi connectivity index (χ0v) is 14.1. The molecule has 1 N–H and O–H groups in total. The Morgan fingerprint density at radius 1 is 1.16 bits per heavy atom. The molecule has 1 amide bonds. The Kier molecular flexibility index (Phi) is 4.05. The third-order valence-corrected chi connectivity index (χ3v) is 4.48. The van der Waals surface area contributed by atoms with Crippen LogP contribution in [0.2, 0.25) is 0 Å². The average Bonchev–Trinajstić information content (AvgIpc) is 3.30. The lowest BCUT2D eigenvalue weighted by molar-refractivity contribution is 0.0941. The number of nitrogens with one attached hydrogen (secondary N) is 1. The Balaban J connectivity index is 1.64. The van der Waals surface area contributed by atoms with Crippen LogP contribution in [0, 0.1) is 0 Å². The van der Waals surface area contributed by atoms with Crippen molar-refractivity contribution >= 4 is 22.8 Å². The number of anilines is 1. The molecule has 0 bridgehead atoms. The van der Waals surface area contributed by atoms with E-state index in [0.29, 0.717) is 12.2 Å². The summed E-state index contributed by atoms with van der Waals surface area (Å²) in [4.78, 5) is 23.8. The zero-order chi connectivity index (χ0) is 17.2. The summed E-state index contributed by atoms with van der Waals surface area (Å²) < 4.78 is 1.69. The van der Waals surface area contributed by atoms with Gasteiger partial charge in [0, 0.05) is 26.7 Å². The molecule has 7 heteroatoms. The number of rotatable bonds is 4. The van der Waals surface area contributed by atoms with Crippen LogP contribution in [0.3, 0.4) is 0 Å². The number of carbonyl (C=O) groups excluding carboxylic acids is 1. The summed E-state index contributed by atoms with van der Waals surface area (Å²) in [6, 6.07) is 9.80. The van der Waals surface area contributed by atoms with E-state index in [0.717, 1.165) is 42.7 Å². The molecule has 3 aromatic rings. The van der Waals surface area contributed by atoms with Crippen molar-refractivity contribution in [3.05, 3.63) is 47.9 Å². The molecule has 0 unspecified atom stereocenters. The Bertz CT molecular complexity index is 899. The Labute approximate surface area is 145 Å². The minimum Gasteiger partial charge on any atom is -0.356 e. The standard InChI is InChI=1S/C18H20N6O/c1-23-16-14(12-20-23)17(24-9-5-6-10-24)22-15(21-16)18(25)19-11-13-7-3-2-4-8-13/h2-4,7-8,12H,5-6,9-11H2,1H3,(H,19,25). The van der Waals surface area contributed by atoms with Crippen LogP contribution in [0.25, 0.3) is 11.0 Å². The predicted octanol–water partition coefficient (Wildman–Crippen LogP) is 1.89. The number of aryl methyl sites for hydroxylation is 1. The highest BCUT2D eigenvalue weighted by Gasteiger charge is 2.22. The number of hydrogen-bond acceptors (Lipinski definition) is 5. The summed E-state index contributed by atoms with van der Waals surface area (Å²) in [6.07, 6.45) is 4.05. The van der Waals surface area contributed by atoms with E-state index in [-0.39, 0.29) is 11.7 Å². The van der Waals surface area contributed by atoms with Gasteiger partial charge in [-0.3, -0.25) is 9.48 Å². The number of aromatic nitrogens is 4. The number of carbonyl (C=O) groups is 1. The number of fused-ring (bicyclic) bond motifs is 1. The summed E-state index contributed by atoms with van der Waals surface area (Å²) in [5.41, 5.74) is 1.72. The number of nitrogens with zero attached hydrogens (tertiary/aromatic N) is 5. The number of hydrogen-bond donors (Lipinski definition) is 1. The van der Waals surface area contributed by atoms with Crippen LogP contribution in [-0.2, 0) is 13.6 Å². The van der Waals surface area contributed by atoms with Crippen molar-refractivity contribution in [1.82, 2.24) is 25.1 Å². The van der Waals surface area contributed by atoms with Crippen LogP contribution in [-0.4, -0.2) is 38.7 Å². The highest BCUT2D eigenvalue weighted by Crippen LogP contribution is 2.26. The molecule has 0 spiro atoms. The van der Waals surface area contributed by atoms with E-state index in [9.17, 15) is 4.79 Å². The largest absolute Gasteiger partial charge is 0.356 e. The van der Waals surface area contributed by atoms with E-state index >= 15 is 0 Å². The Morgan fingerprint density at radius 3 is 2.68 bits per heavy atom. The lowest BCUT2D eigenvalue weighted by Crippen LogP contribution is -2.27. The van der Waals surface area contributed by atoms with Crippen molar-refractivity contribution < 1.29 is 4.79 Å². The lowest BCUT2D eigenvalue weighted by atomic mass is 10.2. The van der Waals surface area contributed by atoms with Crippen molar-refractivity contribution in [1.29, 1.82) is 0 Å². The summed E-state index contributed by atoms with van der Waals surface area (Å²) in [7, 11) is 1.83. The van der Waals surface area contributed by atoms with Gasteiger partial charge in [0.15, 0.2) is 5.65 Å². The summed E-state index contributed by atoms with van der Waals surface area (Å²) in [5.74, 6) is 0.724. The van der Waals surface area contributed by atoms with Gasteiger partial charge in [0.1, 0.15) is 5.82 Å². The zero-order valence-electron chi connectivity index (χ0n) is 14.1. The van der Waals surface area contributed by atoms with Crippen LogP contribution in [0.15, 0.2) is 36.5 Å². The fraction of sp³-hybridized carbons (Fsp3) is 0.333. The van der Waals surface area contributed by atoms with Crippen molar-refractivity contribution in [2.45, 2.75) is 19.4 Å². The average molecular weight is 336 g/mol. The van der Waals surface area contributed by atoms with Gasteiger partial charge in [-0.1, -0.05) is 30.3 Å². The summed E-state index contributed by atoms with van der Waals surface area (Å²) in [5, 5.41) is 8.07. The molecule has 128 valence electrons. The normalized spacial score (nSPS) is 14.2. The minimum absolute atomic E-state index is 0.189. The van der Waals surface area contributed by atoms with Crippen LogP contribution in [0.4, 0.5) is 5.82 Å². The van der Waals surface area contributed by atoms with Crippen molar-refractivity contribution in [2.24, 2.45) is 7.05 Å². The molecule has 1 aliphatic rings. The Morgan fingerprint density at radius 2 is 1.92 bits per heavy atom. The summed E-state index contributed by atoms with van der Waals surface area (Å²) in [6.45, 7) is 2.35. The monoisotopic (exact) mass is 336 g/mol. The van der Waals surface area contributed by atoms with Crippen LogP contribution in [0.1, 0.15) is 29.0 Å². The SMILES string of the molecule is Cn1ncc2c(N3CCCC3)nc(C(=O)NCc3ccccc3)nc21. The maximum atomic E-state index is 12.6. The predicted molar refractivity (Wildman–Crippen MR) is 95.4 cm³/mol.